The maximum atomic E-state index is 13.2. The van der Waals surface area contributed by atoms with E-state index in [2.05, 4.69) is 46.5 Å². The summed E-state index contributed by atoms with van der Waals surface area (Å²) in [5.41, 5.74) is 6.07. The first-order valence-corrected chi connectivity index (χ1v) is 10.3. The zero-order valence-corrected chi connectivity index (χ0v) is 17.7. The lowest BCUT2D eigenvalue weighted by Crippen LogP contribution is -2.12. The fourth-order valence-corrected chi connectivity index (χ4v) is 4.18. The SMILES string of the molecule is Cc1cc([C@@H](C)Nc2cccc3[nH]ccc23)c2oc(-c3cccnc3)c(C)c(=O)c2c1. The lowest BCUT2D eigenvalue weighted by atomic mass is 9.99. The van der Waals surface area contributed by atoms with Crippen LogP contribution in [0, 0.1) is 13.8 Å². The number of nitrogens with one attached hydrogen (secondary N) is 2. The molecular formula is C26H23N3O2. The van der Waals surface area contributed by atoms with E-state index in [-0.39, 0.29) is 11.5 Å². The van der Waals surface area contributed by atoms with Crippen molar-refractivity contribution in [2.45, 2.75) is 26.8 Å². The number of H-pyrrole nitrogens is 1. The van der Waals surface area contributed by atoms with Crippen molar-refractivity contribution in [2.24, 2.45) is 0 Å². The summed E-state index contributed by atoms with van der Waals surface area (Å²) in [5.74, 6) is 0.565. The quantitative estimate of drug-likeness (QED) is 0.375. The van der Waals surface area contributed by atoms with Crippen LogP contribution in [0.25, 0.3) is 33.2 Å². The Balaban J connectivity index is 1.68. The van der Waals surface area contributed by atoms with Gasteiger partial charge < -0.3 is 14.7 Å². The summed E-state index contributed by atoms with van der Waals surface area (Å²) < 4.78 is 6.39. The molecule has 2 N–H and O–H groups in total. The first kappa shape index (κ1) is 19.1. The van der Waals surface area contributed by atoms with Crippen molar-refractivity contribution < 1.29 is 4.42 Å². The van der Waals surface area contributed by atoms with Gasteiger partial charge in [-0.3, -0.25) is 9.78 Å². The Hall–Kier alpha value is -3.86. The van der Waals surface area contributed by atoms with Crippen LogP contribution in [0.3, 0.4) is 0 Å². The maximum Gasteiger partial charge on any atom is 0.196 e. The van der Waals surface area contributed by atoms with Crippen LogP contribution in [0.1, 0.15) is 29.7 Å². The van der Waals surface area contributed by atoms with E-state index in [4.69, 9.17) is 4.42 Å². The number of hydrogen-bond acceptors (Lipinski definition) is 4. The van der Waals surface area contributed by atoms with Crippen LogP contribution in [-0.4, -0.2) is 9.97 Å². The number of nitrogens with zero attached hydrogens (tertiary/aromatic N) is 1. The Bertz CT molecular complexity index is 1470. The minimum atomic E-state index is -0.0736. The molecule has 5 nitrogen and oxygen atoms in total. The number of pyridine rings is 1. The molecule has 5 aromatic rings. The Morgan fingerprint density at radius 2 is 1.94 bits per heavy atom. The number of aromatic amines is 1. The van der Waals surface area contributed by atoms with Gasteiger partial charge in [0.1, 0.15) is 11.3 Å². The monoisotopic (exact) mass is 409 g/mol. The van der Waals surface area contributed by atoms with E-state index in [1.165, 1.54) is 0 Å². The molecule has 0 aliphatic heterocycles. The fourth-order valence-electron chi connectivity index (χ4n) is 4.18. The number of benzene rings is 2. The van der Waals surface area contributed by atoms with Gasteiger partial charge >= 0.3 is 0 Å². The largest absolute Gasteiger partial charge is 0.455 e. The fraction of sp³-hybridized carbons (Fsp3) is 0.154. The highest BCUT2D eigenvalue weighted by atomic mass is 16.3. The van der Waals surface area contributed by atoms with Gasteiger partial charge in [-0.2, -0.15) is 0 Å². The number of fused-ring (bicyclic) bond motifs is 2. The van der Waals surface area contributed by atoms with Crippen LogP contribution >= 0.6 is 0 Å². The molecule has 5 heteroatoms. The van der Waals surface area contributed by atoms with E-state index in [1.807, 2.05) is 44.3 Å². The van der Waals surface area contributed by atoms with Gasteiger partial charge in [0.25, 0.3) is 0 Å². The van der Waals surface area contributed by atoms with Gasteiger partial charge in [-0.25, -0.2) is 0 Å². The molecule has 0 spiro atoms. The molecule has 2 aromatic carbocycles. The Morgan fingerprint density at radius 1 is 1.06 bits per heavy atom. The molecule has 0 aliphatic rings. The Morgan fingerprint density at radius 3 is 2.74 bits per heavy atom. The lowest BCUT2D eigenvalue weighted by Gasteiger charge is -2.19. The molecule has 0 aliphatic carbocycles. The molecule has 154 valence electrons. The molecule has 5 rings (SSSR count). The van der Waals surface area contributed by atoms with Gasteiger partial charge in [-0.05, 0) is 62.7 Å². The van der Waals surface area contributed by atoms with Crippen molar-refractivity contribution >= 4 is 27.6 Å². The van der Waals surface area contributed by atoms with Gasteiger partial charge in [0, 0.05) is 51.9 Å². The van der Waals surface area contributed by atoms with E-state index < -0.39 is 0 Å². The topological polar surface area (TPSA) is 70.9 Å². The molecule has 31 heavy (non-hydrogen) atoms. The number of aryl methyl sites for hydroxylation is 1. The summed E-state index contributed by atoms with van der Waals surface area (Å²) in [6.07, 6.45) is 5.37. The van der Waals surface area contributed by atoms with Crippen LogP contribution in [0.2, 0.25) is 0 Å². The normalized spacial score (nSPS) is 12.4. The third-order valence-electron chi connectivity index (χ3n) is 5.75. The molecule has 0 saturated carbocycles. The zero-order valence-electron chi connectivity index (χ0n) is 17.7. The standard InChI is InChI=1S/C26H23N3O2/c1-15-12-20(17(3)29-23-8-4-7-22-19(23)9-11-28-22)26-21(13-15)24(30)16(2)25(31-26)18-6-5-10-27-14-18/h4-14,17,28-29H,1-3H3/t17-/m1/s1. The second-order valence-corrected chi connectivity index (χ2v) is 7.97. The minimum absolute atomic E-state index is 0.00927. The van der Waals surface area contributed by atoms with Crippen LogP contribution < -0.4 is 10.7 Å². The van der Waals surface area contributed by atoms with Crippen molar-refractivity contribution in [1.29, 1.82) is 0 Å². The molecule has 0 fully saturated rings. The van der Waals surface area contributed by atoms with E-state index in [9.17, 15) is 4.79 Å². The smallest absolute Gasteiger partial charge is 0.196 e. The van der Waals surface area contributed by atoms with Crippen LogP contribution in [0.5, 0.6) is 0 Å². The number of aromatic nitrogens is 2. The summed E-state index contributed by atoms with van der Waals surface area (Å²) in [5, 5.41) is 5.34. The summed E-state index contributed by atoms with van der Waals surface area (Å²) >= 11 is 0. The van der Waals surface area contributed by atoms with Crippen LogP contribution in [-0.2, 0) is 0 Å². The van der Waals surface area contributed by atoms with Crippen molar-refractivity contribution in [3.8, 4) is 11.3 Å². The summed E-state index contributed by atoms with van der Waals surface area (Å²) in [6, 6.07) is 15.9. The minimum Gasteiger partial charge on any atom is -0.455 e. The highest BCUT2D eigenvalue weighted by Gasteiger charge is 2.19. The molecule has 0 radical (unpaired) electrons. The molecule has 0 saturated heterocycles. The predicted octanol–water partition coefficient (Wildman–Crippen LogP) is 6.13. The summed E-state index contributed by atoms with van der Waals surface area (Å²) in [6.45, 7) is 5.90. The van der Waals surface area contributed by atoms with E-state index in [0.717, 1.165) is 33.3 Å². The lowest BCUT2D eigenvalue weighted by molar-refractivity contribution is 0.605. The molecule has 0 unspecified atom stereocenters. The third-order valence-corrected chi connectivity index (χ3v) is 5.75. The summed E-state index contributed by atoms with van der Waals surface area (Å²) in [4.78, 5) is 20.7. The second kappa shape index (κ2) is 7.43. The van der Waals surface area contributed by atoms with Crippen LogP contribution in [0.4, 0.5) is 5.69 Å². The Labute approximate surface area is 179 Å². The van der Waals surface area contributed by atoms with Gasteiger partial charge in [0.05, 0.1) is 11.4 Å². The van der Waals surface area contributed by atoms with E-state index in [1.54, 1.807) is 12.4 Å². The van der Waals surface area contributed by atoms with Crippen LogP contribution in [0.15, 0.2) is 76.3 Å². The van der Waals surface area contributed by atoms with Gasteiger partial charge in [-0.15, -0.1) is 0 Å². The maximum absolute atomic E-state index is 13.2. The average Bonchev–Trinajstić information content (AvgIpc) is 3.26. The first-order chi connectivity index (χ1) is 15.0. The van der Waals surface area contributed by atoms with Crippen molar-refractivity contribution in [3.05, 3.63) is 94.0 Å². The number of rotatable bonds is 4. The average molecular weight is 409 g/mol. The highest BCUT2D eigenvalue weighted by molar-refractivity contribution is 5.92. The van der Waals surface area contributed by atoms with Gasteiger partial charge in [0.2, 0.25) is 0 Å². The van der Waals surface area contributed by atoms with Crippen molar-refractivity contribution in [2.75, 3.05) is 5.32 Å². The molecule has 0 bridgehead atoms. The molecule has 3 aromatic heterocycles. The molecule has 3 heterocycles. The van der Waals surface area contributed by atoms with E-state index >= 15 is 0 Å². The highest BCUT2D eigenvalue weighted by Crippen LogP contribution is 2.33. The zero-order chi connectivity index (χ0) is 21.5. The molecule has 0 amide bonds. The molecule has 1 atom stereocenters. The molecular weight excluding hydrogens is 386 g/mol. The third kappa shape index (κ3) is 3.28. The number of hydrogen-bond donors (Lipinski definition) is 2. The predicted molar refractivity (Wildman–Crippen MR) is 126 cm³/mol. The Kier molecular flexibility index (Phi) is 4.59. The first-order valence-electron chi connectivity index (χ1n) is 10.3. The van der Waals surface area contributed by atoms with E-state index in [0.29, 0.717) is 22.3 Å². The van der Waals surface area contributed by atoms with Crippen molar-refractivity contribution in [3.63, 3.8) is 0 Å². The summed E-state index contributed by atoms with van der Waals surface area (Å²) in [7, 11) is 0. The van der Waals surface area contributed by atoms with Crippen molar-refractivity contribution in [1.82, 2.24) is 9.97 Å². The number of anilines is 1. The van der Waals surface area contributed by atoms with Gasteiger partial charge in [0.15, 0.2) is 5.43 Å². The second-order valence-electron chi connectivity index (χ2n) is 7.97. The van der Waals surface area contributed by atoms with Gasteiger partial charge in [-0.1, -0.05) is 12.1 Å².